The zero-order valence-corrected chi connectivity index (χ0v) is 15.2. The van der Waals surface area contributed by atoms with E-state index < -0.39 is 0 Å². The Labute approximate surface area is 151 Å². The van der Waals surface area contributed by atoms with Crippen LogP contribution in [-0.4, -0.2) is 14.8 Å². The molecule has 0 aliphatic carbocycles. The van der Waals surface area contributed by atoms with Gasteiger partial charge in [-0.3, -0.25) is 0 Å². The number of hydrogen-bond acceptors (Lipinski definition) is 2. The molecule has 4 heteroatoms. The number of nitrogens with zero attached hydrogens (tertiary/aromatic N) is 3. The van der Waals surface area contributed by atoms with Crippen LogP contribution < -0.4 is 0 Å². The van der Waals surface area contributed by atoms with Crippen LogP contribution in [0.15, 0.2) is 54.6 Å². The van der Waals surface area contributed by atoms with E-state index in [2.05, 4.69) is 31.2 Å². The fraction of sp³-hybridized carbons (Fsp3) is 0.143. The lowest BCUT2D eigenvalue weighted by Crippen LogP contribution is -1.99. The summed E-state index contributed by atoms with van der Waals surface area (Å²) in [5.41, 5.74) is 6.85. The predicted molar refractivity (Wildman–Crippen MR) is 104 cm³/mol. The molecule has 25 heavy (non-hydrogen) atoms. The van der Waals surface area contributed by atoms with Crippen molar-refractivity contribution < 1.29 is 0 Å². The molecule has 0 radical (unpaired) electrons. The van der Waals surface area contributed by atoms with Crippen molar-refractivity contribution in [3.63, 3.8) is 0 Å². The van der Waals surface area contributed by atoms with Gasteiger partial charge in [-0.2, -0.15) is 5.10 Å². The summed E-state index contributed by atoms with van der Waals surface area (Å²) < 4.78 is 1.90. The van der Waals surface area contributed by atoms with E-state index in [-0.39, 0.29) is 0 Å². The highest BCUT2D eigenvalue weighted by Crippen LogP contribution is 2.35. The largest absolute Gasteiger partial charge is 0.232 e. The molecular formula is C21H18ClN3. The molecule has 0 unspecified atom stereocenters. The Morgan fingerprint density at radius 3 is 2.24 bits per heavy atom. The highest BCUT2D eigenvalue weighted by atomic mass is 35.5. The second-order valence-corrected chi connectivity index (χ2v) is 6.67. The number of fused-ring (bicyclic) bond motifs is 1. The van der Waals surface area contributed by atoms with E-state index in [0.717, 1.165) is 39.2 Å². The number of benzene rings is 2. The number of pyridine rings is 1. The van der Waals surface area contributed by atoms with Crippen molar-refractivity contribution in [1.29, 1.82) is 0 Å². The quantitative estimate of drug-likeness (QED) is 0.468. The van der Waals surface area contributed by atoms with Crippen molar-refractivity contribution in [2.75, 3.05) is 0 Å². The van der Waals surface area contributed by atoms with Crippen LogP contribution in [0.5, 0.6) is 0 Å². The van der Waals surface area contributed by atoms with Gasteiger partial charge in [-0.05, 0) is 38.5 Å². The average Bonchev–Trinajstić information content (AvgIpc) is 3.00. The highest BCUT2D eigenvalue weighted by Gasteiger charge is 2.19. The maximum atomic E-state index is 6.50. The first-order valence-corrected chi connectivity index (χ1v) is 8.62. The molecule has 0 aliphatic heterocycles. The van der Waals surface area contributed by atoms with Crippen LogP contribution in [0.25, 0.3) is 28.0 Å². The van der Waals surface area contributed by atoms with Crippen molar-refractivity contribution in [1.82, 2.24) is 14.8 Å². The molecule has 0 amide bonds. The minimum atomic E-state index is 0.702. The molecule has 2 heterocycles. The van der Waals surface area contributed by atoms with Gasteiger partial charge in [0.05, 0.1) is 21.8 Å². The topological polar surface area (TPSA) is 30.7 Å². The van der Waals surface area contributed by atoms with Crippen molar-refractivity contribution in [3.8, 4) is 16.9 Å². The number of hydrogen-bond donors (Lipinski definition) is 0. The zero-order chi connectivity index (χ0) is 17.6. The maximum Gasteiger partial charge on any atom is 0.164 e. The molecular weight excluding hydrogens is 330 g/mol. The maximum absolute atomic E-state index is 6.50. The molecule has 0 saturated heterocycles. The molecule has 0 bridgehead atoms. The summed E-state index contributed by atoms with van der Waals surface area (Å²) in [6.45, 7) is 6.05. The molecule has 0 saturated carbocycles. The summed E-state index contributed by atoms with van der Waals surface area (Å²) in [5.74, 6) is 0. The number of aromatic nitrogens is 3. The molecule has 2 aromatic carbocycles. The minimum absolute atomic E-state index is 0.702. The lowest BCUT2D eigenvalue weighted by molar-refractivity contribution is 0.898. The van der Waals surface area contributed by atoms with Gasteiger partial charge < -0.3 is 0 Å². The third kappa shape index (κ3) is 2.61. The van der Waals surface area contributed by atoms with Gasteiger partial charge in [0.2, 0.25) is 0 Å². The third-order valence-corrected chi connectivity index (χ3v) is 5.04. The van der Waals surface area contributed by atoms with Crippen molar-refractivity contribution in [2.24, 2.45) is 0 Å². The summed E-state index contributed by atoms with van der Waals surface area (Å²) in [6, 6.07) is 18.5. The molecule has 3 nitrogen and oxygen atoms in total. The van der Waals surface area contributed by atoms with Crippen LogP contribution in [0.4, 0.5) is 0 Å². The van der Waals surface area contributed by atoms with Crippen molar-refractivity contribution in [2.45, 2.75) is 20.8 Å². The second kappa shape index (κ2) is 6.01. The first-order chi connectivity index (χ1) is 12.1. The Bertz CT molecular complexity index is 1060. The first-order valence-electron chi connectivity index (χ1n) is 8.24. The van der Waals surface area contributed by atoms with Crippen LogP contribution in [0.3, 0.4) is 0 Å². The smallest absolute Gasteiger partial charge is 0.164 e. The number of aryl methyl sites for hydroxylation is 3. The molecule has 0 fully saturated rings. The number of halogens is 1. The monoisotopic (exact) mass is 347 g/mol. The van der Waals surface area contributed by atoms with E-state index >= 15 is 0 Å². The first kappa shape index (κ1) is 15.9. The van der Waals surface area contributed by atoms with E-state index in [1.807, 2.05) is 48.9 Å². The average molecular weight is 348 g/mol. The van der Waals surface area contributed by atoms with Gasteiger partial charge in [-0.15, -0.1) is 0 Å². The van der Waals surface area contributed by atoms with E-state index in [1.165, 1.54) is 5.56 Å². The fourth-order valence-corrected chi connectivity index (χ4v) is 3.25. The second-order valence-electron chi connectivity index (χ2n) is 6.30. The molecule has 0 spiro atoms. The lowest BCUT2D eigenvalue weighted by Gasteiger charge is -2.06. The minimum Gasteiger partial charge on any atom is -0.232 e. The predicted octanol–water partition coefficient (Wildman–Crippen LogP) is 5.67. The van der Waals surface area contributed by atoms with Gasteiger partial charge in [0.25, 0.3) is 0 Å². The van der Waals surface area contributed by atoms with Gasteiger partial charge in [-0.25, -0.2) is 9.67 Å². The molecule has 0 atom stereocenters. The van der Waals surface area contributed by atoms with E-state index in [1.54, 1.807) is 0 Å². The molecule has 0 aliphatic rings. The zero-order valence-electron chi connectivity index (χ0n) is 14.4. The van der Waals surface area contributed by atoms with Crippen LogP contribution >= 0.6 is 11.6 Å². The summed E-state index contributed by atoms with van der Waals surface area (Å²) in [6.07, 6.45) is 0. The van der Waals surface area contributed by atoms with Crippen molar-refractivity contribution in [3.05, 3.63) is 76.4 Å². The van der Waals surface area contributed by atoms with Crippen LogP contribution in [0.1, 0.15) is 16.8 Å². The summed E-state index contributed by atoms with van der Waals surface area (Å²) >= 11 is 6.50. The highest BCUT2D eigenvalue weighted by molar-refractivity contribution is 6.33. The van der Waals surface area contributed by atoms with Gasteiger partial charge in [-0.1, -0.05) is 59.6 Å². The normalized spacial score (nSPS) is 11.2. The summed E-state index contributed by atoms with van der Waals surface area (Å²) in [5, 5.41) is 6.60. The Morgan fingerprint density at radius 2 is 1.56 bits per heavy atom. The molecule has 0 N–H and O–H groups in total. The standard InChI is InChI=1S/C21H18ClN3/c1-13-9-11-16(12-10-13)20-18-14(2)19(22)15(3)23-21(18)25(24-20)17-7-5-4-6-8-17/h4-12H,1-3H3. The van der Waals surface area contributed by atoms with Crippen molar-refractivity contribution >= 4 is 22.6 Å². The SMILES string of the molecule is Cc1ccc(-c2nn(-c3ccccc3)c3nc(C)c(Cl)c(C)c23)cc1. The van der Waals surface area contributed by atoms with E-state index in [4.69, 9.17) is 21.7 Å². The van der Waals surface area contributed by atoms with Gasteiger partial charge in [0.1, 0.15) is 5.69 Å². The van der Waals surface area contributed by atoms with Gasteiger partial charge in [0.15, 0.2) is 5.65 Å². The molecule has 2 aromatic heterocycles. The van der Waals surface area contributed by atoms with Gasteiger partial charge >= 0.3 is 0 Å². The molecule has 124 valence electrons. The fourth-order valence-electron chi connectivity index (χ4n) is 3.11. The van der Waals surface area contributed by atoms with Crippen LogP contribution in [0, 0.1) is 20.8 Å². The Kier molecular flexibility index (Phi) is 3.81. The summed E-state index contributed by atoms with van der Waals surface area (Å²) in [4.78, 5) is 4.74. The Balaban J connectivity index is 2.09. The number of para-hydroxylation sites is 1. The van der Waals surface area contributed by atoms with E-state index in [0.29, 0.717) is 5.02 Å². The Hall–Kier alpha value is -2.65. The number of rotatable bonds is 2. The summed E-state index contributed by atoms with van der Waals surface area (Å²) in [7, 11) is 0. The van der Waals surface area contributed by atoms with Crippen LogP contribution in [-0.2, 0) is 0 Å². The molecule has 4 aromatic rings. The molecule has 4 rings (SSSR count). The Morgan fingerprint density at radius 1 is 0.880 bits per heavy atom. The third-order valence-electron chi connectivity index (χ3n) is 4.48. The van der Waals surface area contributed by atoms with E-state index in [9.17, 15) is 0 Å². The van der Waals surface area contributed by atoms with Crippen LogP contribution in [0.2, 0.25) is 5.02 Å². The van der Waals surface area contributed by atoms with Gasteiger partial charge in [0, 0.05) is 5.56 Å². The lowest BCUT2D eigenvalue weighted by atomic mass is 10.0.